The molecular weight excluding hydrogens is 218 g/mol. The normalized spacial score (nSPS) is 19.6. The summed E-state index contributed by atoms with van der Waals surface area (Å²) < 4.78 is 0. The second-order valence-electron chi connectivity index (χ2n) is 4.38. The van der Waals surface area contributed by atoms with Crippen LogP contribution in [0.4, 0.5) is 0 Å². The molecular formula is C13H19NOS. The van der Waals surface area contributed by atoms with Gasteiger partial charge in [-0.2, -0.15) is 11.8 Å². The third kappa shape index (κ3) is 2.71. The number of phenols is 1. The number of rotatable bonds is 3. The molecule has 1 saturated heterocycles. The van der Waals surface area contributed by atoms with Crippen molar-refractivity contribution in [3.8, 4) is 5.75 Å². The van der Waals surface area contributed by atoms with Crippen molar-refractivity contribution in [3.63, 3.8) is 0 Å². The predicted molar refractivity (Wildman–Crippen MR) is 70.0 cm³/mol. The summed E-state index contributed by atoms with van der Waals surface area (Å²) in [5.41, 5.74) is 7.18. The molecule has 1 fully saturated rings. The molecule has 2 nitrogen and oxygen atoms in total. The maximum absolute atomic E-state index is 9.29. The van der Waals surface area contributed by atoms with E-state index in [4.69, 9.17) is 5.73 Å². The Labute approximate surface area is 101 Å². The summed E-state index contributed by atoms with van der Waals surface area (Å²) in [6, 6.07) is 7.54. The van der Waals surface area contributed by atoms with Crippen molar-refractivity contribution < 1.29 is 5.11 Å². The standard InChI is InChI=1S/C13H19NOS/c14-9-13(11-5-7-16-8-6-11)10-1-3-12(15)4-2-10/h1-4,11,13,15H,5-9,14H2. The SMILES string of the molecule is NCC(c1ccc(O)cc1)C1CCSCC1. The zero-order valence-electron chi connectivity index (χ0n) is 9.43. The van der Waals surface area contributed by atoms with Gasteiger partial charge in [0.15, 0.2) is 0 Å². The van der Waals surface area contributed by atoms with E-state index in [2.05, 4.69) is 0 Å². The fraction of sp³-hybridized carbons (Fsp3) is 0.538. The van der Waals surface area contributed by atoms with Gasteiger partial charge in [0.25, 0.3) is 0 Å². The second kappa shape index (κ2) is 5.60. The summed E-state index contributed by atoms with van der Waals surface area (Å²) >= 11 is 2.04. The third-order valence-electron chi connectivity index (χ3n) is 3.41. The molecule has 1 atom stereocenters. The van der Waals surface area contributed by atoms with Crippen LogP contribution < -0.4 is 5.73 Å². The molecule has 0 radical (unpaired) electrons. The lowest BCUT2D eigenvalue weighted by Crippen LogP contribution is -2.24. The lowest BCUT2D eigenvalue weighted by Gasteiger charge is -2.29. The minimum Gasteiger partial charge on any atom is -0.508 e. The fourth-order valence-electron chi connectivity index (χ4n) is 2.44. The molecule has 1 aliphatic rings. The summed E-state index contributed by atoms with van der Waals surface area (Å²) in [6.07, 6.45) is 2.54. The molecule has 0 amide bonds. The highest BCUT2D eigenvalue weighted by Gasteiger charge is 2.23. The van der Waals surface area contributed by atoms with E-state index in [9.17, 15) is 5.11 Å². The van der Waals surface area contributed by atoms with Crippen LogP contribution in [0.1, 0.15) is 24.3 Å². The number of hydrogen-bond acceptors (Lipinski definition) is 3. The molecule has 16 heavy (non-hydrogen) atoms. The van der Waals surface area contributed by atoms with Crippen molar-refractivity contribution >= 4 is 11.8 Å². The number of benzene rings is 1. The highest BCUT2D eigenvalue weighted by atomic mass is 32.2. The van der Waals surface area contributed by atoms with Gasteiger partial charge in [0.2, 0.25) is 0 Å². The quantitative estimate of drug-likeness (QED) is 0.849. The average molecular weight is 237 g/mol. The van der Waals surface area contributed by atoms with Crippen LogP contribution in [-0.4, -0.2) is 23.2 Å². The van der Waals surface area contributed by atoms with Gasteiger partial charge in [0, 0.05) is 0 Å². The molecule has 2 rings (SSSR count). The van der Waals surface area contributed by atoms with Crippen molar-refractivity contribution in [2.75, 3.05) is 18.1 Å². The molecule has 1 unspecified atom stereocenters. The molecule has 3 N–H and O–H groups in total. The first-order valence-electron chi connectivity index (χ1n) is 5.88. The van der Waals surface area contributed by atoms with Gasteiger partial charge in [0.1, 0.15) is 5.75 Å². The van der Waals surface area contributed by atoms with Crippen LogP contribution in [0.3, 0.4) is 0 Å². The van der Waals surface area contributed by atoms with Gasteiger partial charge in [0.05, 0.1) is 0 Å². The lowest BCUT2D eigenvalue weighted by molar-refractivity contribution is 0.400. The number of thioether (sulfide) groups is 1. The Morgan fingerprint density at radius 2 is 1.88 bits per heavy atom. The fourth-order valence-corrected chi connectivity index (χ4v) is 3.58. The summed E-state index contributed by atoms with van der Waals surface area (Å²) in [4.78, 5) is 0. The Kier molecular flexibility index (Phi) is 4.13. The molecule has 0 bridgehead atoms. The Morgan fingerprint density at radius 1 is 1.25 bits per heavy atom. The molecule has 1 aliphatic heterocycles. The number of phenolic OH excluding ortho intramolecular Hbond substituents is 1. The average Bonchev–Trinajstić information content (AvgIpc) is 2.34. The van der Waals surface area contributed by atoms with Crippen LogP contribution >= 0.6 is 11.8 Å². The Balaban J connectivity index is 2.11. The van der Waals surface area contributed by atoms with E-state index < -0.39 is 0 Å². The van der Waals surface area contributed by atoms with Gasteiger partial charge < -0.3 is 10.8 Å². The molecule has 0 saturated carbocycles. The van der Waals surface area contributed by atoms with Crippen molar-refractivity contribution in [1.82, 2.24) is 0 Å². The zero-order chi connectivity index (χ0) is 11.4. The summed E-state index contributed by atoms with van der Waals surface area (Å²) in [7, 11) is 0. The first-order valence-corrected chi connectivity index (χ1v) is 7.03. The molecule has 1 heterocycles. The van der Waals surface area contributed by atoms with Crippen molar-refractivity contribution in [1.29, 1.82) is 0 Å². The number of aromatic hydroxyl groups is 1. The van der Waals surface area contributed by atoms with Gasteiger partial charge in [-0.05, 0) is 60.4 Å². The summed E-state index contributed by atoms with van der Waals surface area (Å²) in [5, 5.41) is 9.29. The number of nitrogens with two attached hydrogens (primary N) is 1. The summed E-state index contributed by atoms with van der Waals surface area (Å²) in [5.74, 6) is 4.04. The second-order valence-corrected chi connectivity index (χ2v) is 5.61. The lowest BCUT2D eigenvalue weighted by atomic mass is 9.82. The van der Waals surface area contributed by atoms with E-state index >= 15 is 0 Å². The zero-order valence-corrected chi connectivity index (χ0v) is 10.2. The van der Waals surface area contributed by atoms with Gasteiger partial charge >= 0.3 is 0 Å². The Bertz CT molecular complexity index is 319. The van der Waals surface area contributed by atoms with E-state index in [1.807, 2.05) is 23.9 Å². The monoisotopic (exact) mass is 237 g/mol. The smallest absolute Gasteiger partial charge is 0.115 e. The van der Waals surface area contributed by atoms with E-state index in [1.165, 1.54) is 29.9 Å². The van der Waals surface area contributed by atoms with Crippen LogP contribution in [0, 0.1) is 5.92 Å². The van der Waals surface area contributed by atoms with Crippen LogP contribution in [0.25, 0.3) is 0 Å². The van der Waals surface area contributed by atoms with Gasteiger partial charge in [-0.1, -0.05) is 12.1 Å². The van der Waals surface area contributed by atoms with Gasteiger partial charge in [-0.25, -0.2) is 0 Å². The highest BCUT2D eigenvalue weighted by Crippen LogP contribution is 2.34. The highest BCUT2D eigenvalue weighted by molar-refractivity contribution is 7.99. The largest absolute Gasteiger partial charge is 0.508 e. The minimum atomic E-state index is 0.332. The van der Waals surface area contributed by atoms with E-state index in [0.29, 0.717) is 18.2 Å². The molecule has 88 valence electrons. The van der Waals surface area contributed by atoms with Crippen molar-refractivity contribution in [3.05, 3.63) is 29.8 Å². The molecule has 0 spiro atoms. The van der Waals surface area contributed by atoms with Crippen LogP contribution in [0.2, 0.25) is 0 Å². The van der Waals surface area contributed by atoms with E-state index in [1.54, 1.807) is 12.1 Å². The van der Waals surface area contributed by atoms with Gasteiger partial charge in [-0.15, -0.1) is 0 Å². The van der Waals surface area contributed by atoms with Crippen LogP contribution in [-0.2, 0) is 0 Å². The summed E-state index contributed by atoms with van der Waals surface area (Å²) in [6.45, 7) is 0.708. The maximum atomic E-state index is 9.29. The molecule has 0 aliphatic carbocycles. The van der Waals surface area contributed by atoms with Crippen molar-refractivity contribution in [2.45, 2.75) is 18.8 Å². The molecule has 0 aromatic heterocycles. The Hall–Kier alpha value is -0.670. The Morgan fingerprint density at radius 3 is 2.44 bits per heavy atom. The molecule has 1 aromatic carbocycles. The van der Waals surface area contributed by atoms with Crippen molar-refractivity contribution in [2.24, 2.45) is 11.7 Å². The predicted octanol–water partition coefficient (Wildman–Crippen LogP) is 2.58. The topological polar surface area (TPSA) is 46.2 Å². The number of hydrogen-bond donors (Lipinski definition) is 2. The maximum Gasteiger partial charge on any atom is 0.115 e. The minimum absolute atomic E-state index is 0.332. The molecule has 1 aromatic rings. The first kappa shape index (κ1) is 11.8. The molecule has 3 heteroatoms. The van der Waals surface area contributed by atoms with Crippen LogP contribution in [0.15, 0.2) is 24.3 Å². The van der Waals surface area contributed by atoms with E-state index in [0.717, 1.165) is 5.92 Å². The first-order chi connectivity index (χ1) is 7.81. The van der Waals surface area contributed by atoms with E-state index in [-0.39, 0.29) is 0 Å². The third-order valence-corrected chi connectivity index (χ3v) is 4.46. The van der Waals surface area contributed by atoms with Gasteiger partial charge in [-0.3, -0.25) is 0 Å². The van der Waals surface area contributed by atoms with Crippen LogP contribution in [0.5, 0.6) is 5.75 Å².